The molecule has 7 heteroatoms. The van der Waals surface area contributed by atoms with Crippen LogP contribution in [-0.4, -0.2) is 20.4 Å². The van der Waals surface area contributed by atoms with Gasteiger partial charge in [0.15, 0.2) is 0 Å². The molecule has 2 aromatic rings. The molecule has 0 spiro atoms. The quantitative estimate of drug-likeness (QED) is 0.821. The lowest BCUT2D eigenvalue weighted by molar-refractivity contribution is 0.540. The van der Waals surface area contributed by atoms with Crippen molar-refractivity contribution < 1.29 is 8.42 Å². The van der Waals surface area contributed by atoms with E-state index in [1.807, 2.05) is 24.4 Å². The van der Waals surface area contributed by atoms with E-state index in [0.717, 1.165) is 17.7 Å². The van der Waals surface area contributed by atoms with Crippen molar-refractivity contribution in [3.05, 3.63) is 40.8 Å². The first-order valence-electron chi connectivity index (χ1n) is 6.76. The summed E-state index contributed by atoms with van der Waals surface area (Å²) in [6, 6.07) is 5.33. The lowest BCUT2D eigenvalue weighted by Gasteiger charge is -2.18. The van der Waals surface area contributed by atoms with Crippen LogP contribution in [0.3, 0.4) is 0 Å². The monoisotopic (exact) mass is 325 g/mol. The van der Waals surface area contributed by atoms with Gasteiger partial charge in [-0.25, -0.2) is 13.1 Å². The summed E-state index contributed by atoms with van der Waals surface area (Å²) in [5, 5.41) is 4.84. The zero-order valence-corrected chi connectivity index (χ0v) is 13.7. The second-order valence-electron chi connectivity index (χ2n) is 4.60. The van der Waals surface area contributed by atoms with Crippen LogP contribution in [0.1, 0.15) is 30.7 Å². The normalized spacial score (nSPS) is 13.0. The van der Waals surface area contributed by atoms with Crippen LogP contribution in [0, 0.1) is 0 Å². The molecule has 0 saturated heterocycles. The highest BCUT2D eigenvalue weighted by atomic mass is 32.2. The Morgan fingerprint density at radius 2 is 2.19 bits per heavy atom. The van der Waals surface area contributed by atoms with Gasteiger partial charge in [-0.05, 0) is 23.9 Å². The van der Waals surface area contributed by atoms with Crippen LogP contribution in [0.5, 0.6) is 0 Å². The van der Waals surface area contributed by atoms with Gasteiger partial charge in [0.05, 0.1) is 11.7 Å². The van der Waals surface area contributed by atoms with Crippen LogP contribution in [0.4, 0.5) is 5.69 Å². The SMILES string of the molecule is CCCC(NS(=O)(=O)c1cnccc1NC)c1cccs1. The van der Waals surface area contributed by atoms with Gasteiger partial charge in [-0.3, -0.25) is 4.98 Å². The molecule has 114 valence electrons. The van der Waals surface area contributed by atoms with E-state index in [9.17, 15) is 8.42 Å². The average molecular weight is 325 g/mol. The summed E-state index contributed by atoms with van der Waals surface area (Å²) in [6.07, 6.45) is 4.59. The first-order valence-corrected chi connectivity index (χ1v) is 9.12. The fourth-order valence-electron chi connectivity index (χ4n) is 2.09. The minimum atomic E-state index is -3.62. The summed E-state index contributed by atoms with van der Waals surface area (Å²) in [5.41, 5.74) is 0.541. The molecule has 5 nitrogen and oxygen atoms in total. The number of nitrogens with one attached hydrogen (secondary N) is 2. The number of nitrogens with zero attached hydrogens (tertiary/aromatic N) is 1. The third-order valence-corrected chi connectivity index (χ3v) is 5.59. The zero-order valence-electron chi connectivity index (χ0n) is 12.0. The Labute approximate surface area is 129 Å². The molecule has 2 aromatic heterocycles. The summed E-state index contributed by atoms with van der Waals surface area (Å²) < 4.78 is 28.0. The number of thiophene rings is 1. The molecule has 1 atom stereocenters. The van der Waals surface area contributed by atoms with Gasteiger partial charge < -0.3 is 5.32 Å². The summed E-state index contributed by atoms with van der Waals surface area (Å²) in [6.45, 7) is 2.04. The maximum absolute atomic E-state index is 12.6. The second kappa shape index (κ2) is 7.02. The number of pyridine rings is 1. The van der Waals surface area contributed by atoms with E-state index in [-0.39, 0.29) is 10.9 Å². The molecule has 2 heterocycles. The fourth-order valence-corrected chi connectivity index (χ4v) is 4.38. The van der Waals surface area contributed by atoms with Crippen LogP contribution in [0.25, 0.3) is 0 Å². The molecule has 0 radical (unpaired) electrons. The van der Waals surface area contributed by atoms with E-state index in [4.69, 9.17) is 0 Å². The van der Waals surface area contributed by atoms with E-state index in [1.54, 1.807) is 30.6 Å². The first-order chi connectivity index (χ1) is 10.1. The number of hydrogen-bond donors (Lipinski definition) is 2. The van der Waals surface area contributed by atoms with E-state index in [0.29, 0.717) is 5.69 Å². The molecular formula is C14H19N3O2S2. The third kappa shape index (κ3) is 3.81. The van der Waals surface area contributed by atoms with Crippen molar-refractivity contribution in [1.82, 2.24) is 9.71 Å². The van der Waals surface area contributed by atoms with Crippen molar-refractivity contribution in [2.24, 2.45) is 0 Å². The summed E-state index contributed by atoms with van der Waals surface area (Å²) in [7, 11) is -1.93. The Hall–Kier alpha value is -1.44. The molecule has 0 amide bonds. The highest BCUT2D eigenvalue weighted by Gasteiger charge is 2.24. The van der Waals surface area contributed by atoms with Gasteiger partial charge in [-0.15, -0.1) is 11.3 Å². The first kappa shape index (κ1) is 15.9. The van der Waals surface area contributed by atoms with Gasteiger partial charge in [0, 0.05) is 24.3 Å². The van der Waals surface area contributed by atoms with Gasteiger partial charge in [0.2, 0.25) is 10.0 Å². The van der Waals surface area contributed by atoms with Crippen molar-refractivity contribution in [1.29, 1.82) is 0 Å². The maximum atomic E-state index is 12.6. The summed E-state index contributed by atoms with van der Waals surface area (Å²) in [4.78, 5) is 5.11. The Morgan fingerprint density at radius 3 is 2.81 bits per heavy atom. The number of anilines is 1. The van der Waals surface area contributed by atoms with Crippen molar-refractivity contribution in [3.63, 3.8) is 0 Å². The molecule has 2 N–H and O–H groups in total. The minimum Gasteiger partial charge on any atom is -0.387 e. The smallest absolute Gasteiger partial charge is 0.244 e. The number of rotatable bonds is 7. The molecule has 0 bridgehead atoms. The van der Waals surface area contributed by atoms with Crippen LogP contribution >= 0.6 is 11.3 Å². The second-order valence-corrected chi connectivity index (χ2v) is 7.26. The molecule has 0 saturated carbocycles. The third-order valence-electron chi connectivity index (χ3n) is 3.10. The van der Waals surface area contributed by atoms with E-state index >= 15 is 0 Å². The van der Waals surface area contributed by atoms with Gasteiger partial charge in [-0.2, -0.15) is 0 Å². The highest BCUT2D eigenvalue weighted by molar-refractivity contribution is 7.89. The van der Waals surface area contributed by atoms with E-state index in [1.165, 1.54) is 6.20 Å². The molecule has 21 heavy (non-hydrogen) atoms. The van der Waals surface area contributed by atoms with Crippen LogP contribution in [0.15, 0.2) is 40.9 Å². The molecule has 2 rings (SSSR count). The lowest BCUT2D eigenvalue weighted by atomic mass is 10.1. The largest absolute Gasteiger partial charge is 0.387 e. The zero-order chi connectivity index (χ0) is 15.3. The predicted octanol–water partition coefficient (Wildman–Crippen LogP) is 3.00. The molecule has 0 aliphatic rings. The molecule has 0 aliphatic carbocycles. The van der Waals surface area contributed by atoms with Gasteiger partial charge in [0.1, 0.15) is 4.90 Å². The minimum absolute atomic E-state index is 0.171. The standard InChI is InChI=1S/C14H19N3O2S2/c1-3-5-11(13-6-4-9-20-13)17-21(18,19)14-10-16-8-7-12(14)15-2/h4,6-11,17H,3,5H2,1-2H3,(H,15,16). The van der Waals surface area contributed by atoms with Crippen molar-refractivity contribution >= 4 is 27.0 Å². The lowest BCUT2D eigenvalue weighted by Crippen LogP contribution is -2.28. The number of sulfonamides is 1. The Balaban J connectivity index is 2.30. The number of hydrogen-bond acceptors (Lipinski definition) is 5. The molecule has 1 unspecified atom stereocenters. The van der Waals surface area contributed by atoms with E-state index in [2.05, 4.69) is 15.0 Å². The Morgan fingerprint density at radius 1 is 1.38 bits per heavy atom. The molecule has 0 aliphatic heterocycles. The fraction of sp³-hybridized carbons (Fsp3) is 0.357. The number of aromatic nitrogens is 1. The van der Waals surface area contributed by atoms with Crippen LogP contribution < -0.4 is 10.0 Å². The van der Waals surface area contributed by atoms with Crippen LogP contribution in [0.2, 0.25) is 0 Å². The Bertz CT molecular complexity index is 669. The predicted molar refractivity (Wildman–Crippen MR) is 86.1 cm³/mol. The van der Waals surface area contributed by atoms with Gasteiger partial charge >= 0.3 is 0 Å². The van der Waals surface area contributed by atoms with Gasteiger partial charge in [0.25, 0.3) is 0 Å². The van der Waals surface area contributed by atoms with Crippen molar-refractivity contribution in [2.75, 3.05) is 12.4 Å². The average Bonchev–Trinajstić information content (AvgIpc) is 3.01. The van der Waals surface area contributed by atoms with E-state index < -0.39 is 10.0 Å². The molecule has 0 aromatic carbocycles. The topological polar surface area (TPSA) is 71.1 Å². The molecular weight excluding hydrogens is 306 g/mol. The van der Waals surface area contributed by atoms with Crippen molar-refractivity contribution in [3.8, 4) is 0 Å². The maximum Gasteiger partial charge on any atom is 0.244 e. The van der Waals surface area contributed by atoms with Crippen LogP contribution in [-0.2, 0) is 10.0 Å². The highest BCUT2D eigenvalue weighted by Crippen LogP contribution is 2.27. The van der Waals surface area contributed by atoms with Crippen molar-refractivity contribution in [2.45, 2.75) is 30.7 Å². The summed E-state index contributed by atoms with van der Waals surface area (Å²) in [5.74, 6) is 0. The molecule has 0 fully saturated rings. The Kier molecular flexibility index (Phi) is 5.33. The summed E-state index contributed by atoms with van der Waals surface area (Å²) >= 11 is 1.56. The van der Waals surface area contributed by atoms with Gasteiger partial charge in [-0.1, -0.05) is 19.4 Å².